The molecule has 0 radical (unpaired) electrons. The normalized spacial score (nSPS) is 13.2. The highest BCUT2D eigenvalue weighted by atomic mass is 16.3. The third-order valence-electron chi connectivity index (χ3n) is 3.01. The summed E-state index contributed by atoms with van der Waals surface area (Å²) in [6.07, 6.45) is -0.693. The summed E-state index contributed by atoms with van der Waals surface area (Å²) >= 11 is 0. The molecule has 0 saturated heterocycles. The Bertz CT molecular complexity index is 529. The average Bonchev–Trinajstić information content (AvgIpc) is 2.29. The molecule has 0 aromatic carbocycles. The van der Waals surface area contributed by atoms with Crippen LogP contribution >= 0.6 is 0 Å². The van der Waals surface area contributed by atoms with Crippen LogP contribution in [0.3, 0.4) is 0 Å². The molecule has 1 amide bonds. The van der Waals surface area contributed by atoms with Gasteiger partial charge < -0.3 is 15.4 Å². The van der Waals surface area contributed by atoms with E-state index in [2.05, 4.69) is 15.3 Å². The van der Waals surface area contributed by atoms with Crippen molar-refractivity contribution in [2.45, 2.75) is 40.7 Å². The third-order valence-corrected chi connectivity index (χ3v) is 3.01. The summed E-state index contributed by atoms with van der Waals surface area (Å²) < 4.78 is 0. The second-order valence-electron chi connectivity index (χ2n) is 5.72. The molecule has 1 heterocycles. The van der Waals surface area contributed by atoms with Gasteiger partial charge in [0.2, 0.25) is 0 Å². The van der Waals surface area contributed by atoms with Gasteiger partial charge in [0.1, 0.15) is 0 Å². The van der Waals surface area contributed by atoms with Crippen LogP contribution in [0.2, 0.25) is 0 Å². The van der Waals surface area contributed by atoms with Crippen molar-refractivity contribution in [3.63, 3.8) is 0 Å². The Hall–Kier alpha value is -1.69. The van der Waals surface area contributed by atoms with Crippen molar-refractivity contribution in [3.8, 4) is 0 Å². The molecule has 106 valence electrons. The second kappa shape index (κ2) is 5.52. The number of carbonyl (C=O) groups excluding carboxylic acids is 1. The van der Waals surface area contributed by atoms with Gasteiger partial charge in [0.05, 0.1) is 11.8 Å². The van der Waals surface area contributed by atoms with Gasteiger partial charge in [-0.3, -0.25) is 9.59 Å². The number of aliphatic hydroxyl groups excluding tert-OH is 1. The van der Waals surface area contributed by atoms with Gasteiger partial charge in [0, 0.05) is 12.2 Å². The Labute approximate surface area is 112 Å². The Morgan fingerprint density at radius 1 is 1.42 bits per heavy atom. The lowest BCUT2D eigenvalue weighted by atomic mass is 9.89. The van der Waals surface area contributed by atoms with E-state index in [-0.39, 0.29) is 17.7 Å². The van der Waals surface area contributed by atoms with Crippen molar-refractivity contribution in [2.75, 3.05) is 6.54 Å². The molecular formula is C13H21N3O3. The first-order valence-corrected chi connectivity index (χ1v) is 6.16. The maximum absolute atomic E-state index is 11.9. The lowest BCUT2D eigenvalue weighted by molar-refractivity contribution is 0.0585. The minimum absolute atomic E-state index is 0.0797. The van der Waals surface area contributed by atoms with E-state index in [1.165, 1.54) is 0 Å². The van der Waals surface area contributed by atoms with Crippen molar-refractivity contribution >= 4 is 5.91 Å². The number of aliphatic hydroxyl groups is 1. The van der Waals surface area contributed by atoms with Gasteiger partial charge in [-0.1, -0.05) is 20.8 Å². The van der Waals surface area contributed by atoms with Crippen LogP contribution < -0.4 is 10.9 Å². The minimum atomic E-state index is -0.693. The first-order valence-electron chi connectivity index (χ1n) is 6.16. The Morgan fingerprint density at radius 2 is 2.00 bits per heavy atom. The number of aryl methyl sites for hydroxylation is 2. The number of hydrogen-bond acceptors (Lipinski definition) is 4. The molecule has 0 aliphatic heterocycles. The molecule has 1 unspecified atom stereocenters. The summed E-state index contributed by atoms with van der Waals surface area (Å²) in [5.41, 5.74) is 0.198. The Morgan fingerprint density at radius 3 is 2.53 bits per heavy atom. The third kappa shape index (κ3) is 3.89. The minimum Gasteiger partial charge on any atom is -0.391 e. The average molecular weight is 267 g/mol. The fourth-order valence-corrected chi connectivity index (χ4v) is 1.36. The van der Waals surface area contributed by atoms with Crippen molar-refractivity contribution in [1.29, 1.82) is 0 Å². The van der Waals surface area contributed by atoms with E-state index in [9.17, 15) is 14.7 Å². The monoisotopic (exact) mass is 267 g/mol. The molecule has 6 nitrogen and oxygen atoms in total. The summed E-state index contributed by atoms with van der Waals surface area (Å²) in [6.45, 7) is 9.11. The zero-order valence-electron chi connectivity index (χ0n) is 12.0. The van der Waals surface area contributed by atoms with Crippen molar-refractivity contribution in [2.24, 2.45) is 5.41 Å². The van der Waals surface area contributed by atoms with E-state index >= 15 is 0 Å². The highest BCUT2D eigenvalue weighted by molar-refractivity contribution is 5.91. The number of H-pyrrole nitrogens is 1. The van der Waals surface area contributed by atoms with Gasteiger partial charge in [-0.15, -0.1) is 0 Å². The van der Waals surface area contributed by atoms with E-state index in [0.717, 1.165) is 0 Å². The molecule has 1 aromatic rings. The first kappa shape index (κ1) is 15.4. The van der Waals surface area contributed by atoms with Gasteiger partial charge in [0.15, 0.2) is 5.69 Å². The second-order valence-corrected chi connectivity index (χ2v) is 5.72. The Kier molecular flexibility index (Phi) is 4.47. The molecule has 0 saturated carbocycles. The van der Waals surface area contributed by atoms with Crippen LogP contribution in [0.25, 0.3) is 0 Å². The number of aromatic amines is 1. The molecule has 6 heteroatoms. The summed E-state index contributed by atoms with van der Waals surface area (Å²) in [6, 6.07) is 0. The van der Waals surface area contributed by atoms with E-state index in [0.29, 0.717) is 11.4 Å². The van der Waals surface area contributed by atoms with E-state index in [4.69, 9.17) is 0 Å². The number of nitrogens with one attached hydrogen (secondary N) is 2. The summed E-state index contributed by atoms with van der Waals surface area (Å²) in [5, 5.41) is 12.3. The number of hydrogen-bond donors (Lipinski definition) is 3. The largest absolute Gasteiger partial charge is 0.391 e. The highest BCUT2D eigenvalue weighted by Gasteiger charge is 2.23. The molecule has 1 aromatic heterocycles. The van der Waals surface area contributed by atoms with Gasteiger partial charge in [-0.25, -0.2) is 4.98 Å². The van der Waals surface area contributed by atoms with Gasteiger partial charge >= 0.3 is 0 Å². The molecule has 0 aliphatic rings. The SMILES string of the molecule is Cc1nc(C(=O)NCC(O)C(C)(C)C)c(=O)[nH]c1C. The molecule has 1 atom stereocenters. The number of rotatable bonds is 3. The Balaban J connectivity index is 2.80. The molecule has 19 heavy (non-hydrogen) atoms. The molecule has 0 fully saturated rings. The summed E-state index contributed by atoms with van der Waals surface area (Å²) in [4.78, 5) is 30.0. The van der Waals surface area contributed by atoms with E-state index in [1.807, 2.05) is 20.8 Å². The zero-order chi connectivity index (χ0) is 14.8. The van der Waals surface area contributed by atoms with Crippen LogP contribution in [0.15, 0.2) is 4.79 Å². The predicted molar refractivity (Wildman–Crippen MR) is 72.1 cm³/mol. The molecule has 0 bridgehead atoms. The molecular weight excluding hydrogens is 246 g/mol. The summed E-state index contributed by atoms with van der Waals surface area (Å²) in [5.74, 6) is -0.576. The van der Waals surface area contributed by atoms with Crippen LogP contribution in [0, 0.1) is 19.3 Å². The van der Waals surface area contributed by atoms with Crippen LogP contribution in [0.5, 0.6) is 0 Å². The lowest BCUT2D eigenvalue weighted by Crippen LogP contribution is -2.41. The molecule has 0 aliphatic carbocycles. The molecule has 3 N–H and O–H groups in total. The molecule has 1 rings (SSSR count). The van der Waals surface area contributed by atoms with Crippen LogP contribution in [-0.4, -0.2) is 33.6 Å². The van der Waals surface area contributed by atoms with Crippen LogP contribution in [0.4, 0.5) is 0 Å². The predicted octanol–water partition coefficient (Wildman–Crippen LogP) is 0.524. The topological polar surface area (TPSA) is 95.1 Å². The lowest BCUT2D eigenvalue weighted by Gasteiger charge is -2.25. The fraction of sp³-hybridized carbons (Fsp3) is 0.615. The van der Waals surface area contributed by atoms with Gasteiger partial charge in [0.25, 0.3) is 11.5 Å². The van der Waals surface area contributed by atoms with Gasteiger partial charge in [-0.2, -0.15) is 0 Å². The highest BCUT2D eigenvalue weighted by Crippen LogP contribution is 2.18. The number of aromatic nitrogens is 2. The number of amides is 1. The number of nitrogens with zero attached hydrogens (tertiary/aromatic N) is 1. The standard InChI is InChI=1S/C13H21N3O3/c1-7-8(2)16-12(19)10(15-7)11(18)14-6-9(17)13(3,4)5/h9,17H,6H2,1-5H3,(H,14,18)(H,16,19). The zero-order valence-corrected chi connectivity index (χ0v) is 12.0. The van der Waals surface area contributed by atoms with Crippen LogP contribution in [0.1, 0.15) is 42.6 Å². The van der Waals surface area contributed by atoms with Crippen molar-refractivity contribution in [1.82, 2.24) is 15.3 Å². The first-order chi connectivity index (χ1) is 8.62. The van der Waals surface area contributed by atoms with E-state index in [1.54, 1.807) is 13.8 Å². The van der Waals surface area contributed by atoms with Gasteiger partial charge in [-0.05, 0) is 19.3 Å². The maximum atomic E-state index is 11.9. The maximum Gasteiger partial charge on any atom is 0.279 e. The van der Waals surface area contributed by atoms with Crippen molar-refractivity contribution < 1.29 is 9.90 Å². The van der Waals surface area contributed by atoms with E-state index < -0.39 is 17.6 Å². The fourth-order valence-electron chi connectivity index (χ4n) is 1.36. The smallest absolute Gasteiger partial charge is 0.279 e. The molecule has 0 spiro atoms. The van der Waals surface area contributed by atoms with Crippen LogP contribution in [-0.2, 0) is 0 Å². The van der Waals surface area contributed by atoms with Crippen molar-refractivity contribution in [3.05, 3.63) is 27.4 Å². The quantitative estimate of drug-likeness (QED) is 0.744. The summed E-state index contributed by atoms with van der Waals surface area (Å²) in [7, 11) is 0. The number of carbonyl (C=O) groups is 1.